The van der Waals surface area contributed by atoms with Crippen LogP contribution in [0.1, 0.15) is 49.2 Å². The number of carbonyl (C=O) groups is 2. The van der Waals surface area contributed by atoms with Gasteiger partial charge < -0.3 is 19.6 Å². The van der Waals surface area contributed by atoms with Gasteiger partial charge >= 0.3 is 5.97 Å². The van der Waals surface area contributed by atoms with Crippen LogP contribution in [0.3, 0.4) is 0 Å². The van der Waals surface area contributed by atoms with Crippen molar-refractivity contribution in [1.29, 1.82) is 0 Å². The van der Waals surface area contributed by atoms with Crippen LogP contribution in [-0.4, -0.2) is 29.6 Å². The van der Waals surface area contributed by atoms with Gasteiger partial charge in [-0.1, -0.05) is 32.0 Å². The summed E-state index contributed by atoms with van der Waals surface area (Å²) in [5.41, 5.74) is 0.472. The first-order valence-electron chi connectivity index (χ1n) is 8.00. The largest absolute Gasteiger partial charge is 0.481 e. The van der Waals surface area contributed by atoms with E-state index in [0.717, 1.165) is 5.39 Å². The lowest BCUT2D eigenvalue weighted by Gasteiger charge is -2.31. The van der Waals surface area contributed by atoms with Crippen LogP contribution in [0.2, 0.25) is 0 Å². The Hall–Kier alpha value is -2.34. The van der Waals surface area contributed by atoms with E-state index in [2.05, 4.69) is 5.32 Å². The first-order valence-corrected chi connectivity index (χ1v) is 8.00. The fraction of sp³-hybridized carbons (Fsp3) is 0.444. The first-order chi connectivity index (χ1) is 11.5. The topological polar surface area (TPSA) is 88.8 Å². The van der Waals surface area contributed by atoms with Gasteiger partial charge in [0, 0.05) is 18.1 Å². The number of hydrogen-bond donors (Lipinski definition) is 2. The van der Waals surface area contributed by atoms with E-state index in [1.165, 1.54) is 0 Å². The summed E-state index contributed by atoms with van der Waals surface area (Å²) in [6.45, 7) is 3.97. The highest BCUT2D eigenvalue weighted by Crippen LogP contribution is 2.28. The normalized spacial score (nSPS) is 11.6. The molecule has 0 bridgehead atoms. The molecule has 0 atom stereocenters. The van der Waals surface area contributed by atoms with E-state index >= 15 is 0 Å². The average molecular weight is 333 g/mol. The highest BCUT2D eigenvalue weighted by molar-refractivity contribution is 5.99. The number of para-hydroxylation sites is 1. The molecule has 1 heterocycles. The van der Waals surface area contributed by atoms with Crippen LogP contribution < -0.4 is 5.32 Å². The van der Waals surface area contributed by atoms with Crippen molar-refractivity contribution in [2.24, 2.45) is 0 Å². The lowest BCUT2D eigenvalue weighted by molar-refractivity contribution is -0.138. The Balaban J connectivity index is 2.39. The molecule has 6 heteroatoms. The van der Waals surface area contributed by atoms with E-state index in [1.807, 2.05) is 32.0 Å². The van der Waals surface area contributed by atoms with E-state index in [9.17, 15) is 9.59 Å². The molecule has 0 aliphatic rings. The Bertz CT molecular complexity index is 730. The molecular formula is C18H23NO5. The Labute approximate surface area is 140 Å². The number of nitrogens with one attached hydrogen (secondary N) is 1. The van der Waals surface area contributed by atoms with Crippen LogP contribution in [0.4, 0.5) is 0 Å². The SMILES string of the molecule is CCC(CC)(CC(=O)O)NC(=O)c1oc2ccccc2c1COC. The second-order valence-corrected chi connectivity index (χ2v) is 5.85. The molecule has 6 nitrogen and oxygen atoms in total. The third-order valence-electron chi connectivity index (χ3n) is 4.42. The second-order valence-electron chi connectivity index (χ2n) is 5.85. The third kappa shape index (κ3) is 3.59. The van der Waals surface area contributed by atoms with Crippen LogP contribution in [-0.2, 0) is 16.1 Å². The van der Waals surface area contributed by atoms with Crippen molar-refractivity contribution in [2.45, 2.75) is 45.3 Å². The Kier molecular flexibility index (Phi) is 5.62. The van der Waals surface area contributed by atoms with Crippen molar-refractivity contribution in [3.63, 3.8) is 0 Å². The molecule has 1 aromatic carbocycles. The number of ether oxygens (including phenoxy) is 1. The fourth-order valence-corrected chi connectivity index (χ4v) is 2.88. The predicted molar refractivity (Wildman–Crippen MR) is 90.0 cm³/mol. The molecule has 0 spiro atoms. The maximum absolute atomic E-state index is 12.8. The molecule has 1 amide bonds. The van der Waals surface area contributed by atoms with E-state index in [4.69, 9.17) is 14.3 Å². The number of benzene rings is 1. The molecular weight excluding hydrogens is 310 g/mol. The van der Waals surface area contributed by atoms with Crippen LogP contribution >= 0.6 is 0 Å². The number of carbonyl (C=O) groups excluding carboxylic acids is 1. The third-order valence-corrected chi connectivity index (χ3v) is 4.42. The molecule has 2 N–H and O–H groups in total. The lowest BCUT2D eigenvalue weighted by atomic mass is 9.88. The summed E-state index contributed by atoms with van der Waals surface area (Å²) in [4.78, 5) is 23.9. The number of carboxylic acids is 1. The number of carboxylic acid groups (broad SMARTS) is 1. The molecule has 0 fully saturated rings. The molecule has 130 valence electrons. The molecule has 0 saturated carbocycles. The number of amides is 1. The summed E-state index contributed by atoms with van der Waals surface area (Å²) in [6.07, 6.45) is 0.897. The van der Waals surface area contributed by atoms with Crippen molar-refractivity contribution < 1.29 is 23.8 Å². The van der Waals surface area contributed by atoms with Crippen molar-refractivity contribution in [3.05, 3.63) is 35.6 Å². The number of furan rings is 1. The Morgan fingerprint density at radius 2 is 1.92 bits per heavy atom. The maximum atomic E-state index is 12.8. The number of aliphatic carboxylic acids is 1. The minimum atomic E-state index is -0.944. The number of hydrogen-bond acceptors (Lipinski definition) is 4. The van der Waals surface area contributed by atoms with E-state index in [-0.39, 0.29) is 18.8 Å². The smallest absolute Gasteiger partial charge is 0.305 e. The molecule has 0 unspecified atom stereocenters. The highest BCUT2D eigenvalue weighted by atomic mass is 16.5. The summed E-state index contributed by atoms with van der Waals surface area (Å²) < 4.78 is 10.9. The molecule has 0 radical (unpaired) electrons. The van der Waals surface area contributed by atoms with Crippen LogP contribution in [0.5, 0.6) is 0 Å². The predicted octanol–water partition coefficient (Wildman–Crippen LogP) is 3.34. The van der Waals surface area contributed by atoms with E-state index < -0.39 is 17.4 Å². The quantitative estimate of drug-likeness (QED) is 0.773. The first kappa shape index (κ1) is 18.0. The van der Waals surface area contributed by atoms with E-state index in [0.29, 0.717) is 24.0 Å². The monoisotopic (exact) mass is 333 g/mol. The van der Waals surface area contributed by atoms with Crippen LogP contribution in [0, 0.1) is 0 Å². The van der Waals surface area contributed by atoms with Gasteiger partial charge in [0.05, 0.1) is 18.6 Å². The van der Waals surface area contributed by atoms with Gasteiger partial charge in [-0.15, -0.1) is 0 Å². The van der Waals surface area contributed by atoms with Gasteiger partial charge in [-0.25, -0.2) is 0 Å². The number of fused-ring (bicyclic) bond motifs is 1. The zero-order valence-corrected chi connectivity index (χ0v) is 14.2. The molecule has 2 aromatic rings. The summed E-state index contributed by atoms with van der Waals surface area (Å²) >= 11 is 0. The highest BCUT2D eigenvalue weighted by Gasteiger charge is 2.33. The van der Waals surface area contributed by atoms with Crippen molar-refractivity contribution in [3.8, 4) is 0 Å². The zero-order chi connectivity index (χ0) is 17.7. The van der Waals surface area contributed by atoms with Gasteiger partial charge in [0.1, 0.15) is 5.58 Å². The molecule has 24 heavy (non-hydrogen) atoms. The standard InChI is InChI=1S/C18H23NO5/c1-4-18(5-2,10-15(20)21)19-17(22)16-13(11-23-3)12-8-6-7-9-14(12)24-16/h6-9H,4-5,10-11H2,1-3H3,(H,19,22)(H,20,21). The Morgan fingerprint density at radius 3 is 2.50 bits per heavy atom. The Morgan fingerprint density at radius 1 is 1.25 bits per heavy atom. The van der Waals surface area contributed by atoms with E-state index in [1.54, 1.807) is 13.2 Å². The summed E-state index contributed by atoms with van der Waals surface area (Å²) in [7, 11) is 1.55. The van der Waals surface area contributed by atoms with Gasteiger partial charge in [-0.2, -0.15) is 0 Å². The van der Waals surface area contributed by atoms with Gasteiger partial charge in [0.2, 0.25) is 0 Å². The zero-order valence-electron chi connectivity index (χ0n) is 14.2. The minimum absolute atomic E-state index is 0.133. The summed E-state index contributed by atoms with van der Waals surface area (Å²) in [5.74, 6) is -1.18. The van der Waals surface area contributed by atoms with Gasteiger partial charge in [-0.05, 0) is 18.9 Å². The van der Waals surface area contributed by atoms with Gasteiger partial charge in [-0.3, -0.25) is 9.59 Å². The molecule has 1 aromatic heterocycles. The summed E-state index contributed by atoms with van der Waals surface area (Å²) in [6, 6.07) is 7.35. The van der Waals surface area contributed by atoms with Crippen LogP contribution in [0.25, 0.3) is 11.0 Å². The molecule has 0 aliphatic carbocycles. The number of rotatable bonds is 8. The maximum Gasteiger partial charge on any atom is 0.305 e. The second kappa shape index (κ2) is 7.49. The minimum Gasteiger partial charge on any atom is -0.481 e. The fourth-order valence-electron chi connectivity index (χ4n) is 2.88. The van der Waals surface area contributed by atoms with Gasteiger partial charge in [0.15, 0.2) is 5.76 Å². The summed E-state index contributed by atoms with van der Waals surface area (Å²) in [5, 5.41) is 12.8. The molecule has 0 saturated heterocycles. The lowest BCUT2D eigenvalue weighted by Crippen LogP contribution is -2.49. The van der Waals surface area contributed by atoms with Crippen molar-refractivity contribution in [1.82, 2.24) is 5.32 Å². The number of methoxy groups -OCH3 is 1. The van der Waals surface area contributed by atoms with Gasteiger partial charge in [0.25, 0.3) is 5.91 Å². The van der Waals surface area contributed by atoms with Crippen LogP contribution in [0.15, 0.2) is 28.7 Å². The average Bonchev–Trinajstić information content (AvgIpc) is 2.93. The van der Waals surface area contributed by atoms with Crippen molar-refractivity contribution >= 4 is 22.8 Å². The molecule has 0 aliphatic heterocycles. The molecule has 2 rings (SSSR count). The van der Waals surface area contributed by atoms with Crippen molar-refractivity contribution in [2.75, 3.05) is 7.11 Å².